The first-order valence-electron chi connectivity index (χ1n) is 12.1. The van der Waals surface area contributed by atoms with Crippen molar-refractivity contribution in [2.75, 3.05) is 0 Å². The maximum Gasteiger partial charge on any atom is 0.352 e. The van der Waals surface area contributed by atoms with Crippen LogP contribution in [-0.2, 0) is 22.7 Å². The van der Waals surface area contributed by atoms with Gasteiger partial charge in [-0.05, 0) is 38.3 Å². The van der Waals surface area contributed by atoms with Gasteiger partial charge in [0, 0.05) is 25.0 Å². The zero-order chi connectivity index (χ0) is 24.2. The summed E-state index contributed by atoms with van der Waals surface area (Å²) in [7, 11) is 0. The van der Waals surface area contributed by atoms with Gasteiger partial charge in [0.15, 0.2) is 0 Å². The smallest absolute Gasteiger partial charge is 0.352 e. The minimum atomic E-state index is -0.497. The Morgan fingerprint density at radius 3 is 2.59 bits per heavy atom. The Hall–Kier alpha value is -3.43. The summed E-state index contributed by atoms with van der Waals surface area (Å²) in [6.45, 7) is 3.73. The van der Waals surface area contributed by atoms with Crippen molar-refractivity contribution in [1.82, 2.24) is 29.4 Å². The average Bonchev–Trinajstić information content (AvgIpc) is 3.15. The minimum absolute atomic E-state index is 0.0327. The molecule has 4 rings (SSSR count). The Labute approximate surface area is 196 Å². The molecule has 1 unspecified atom stereocenters. The molecule has 182 valence electrons. The molecule has 3 aromatic rings. The SMILES string of the molecule is CCC(C)NC(=O)CCn1c(=O)c2ccccc2n2c(=O)n(CC(=O)NC3CCCCC3)nc12. The third-order valence-electron chi connectivity index (χ3n) is 6.53. The highest BCUT2D eigenvalue weighted by Gasteiger charge is 2.21. The van der Waals surface area contributed by atoms with Gasteiger partial charge in [-0.25, -0.2) is 13.9 Å². The number of nitrogens with one attached hydrogen (secondary N) is 2. The molecule has 0 saturated heterocycles. The van der Waals surface area contributed by atoms with Crippen molar-refractivity contribution in [3.63, 3.8) is 0 Å². The number of nitrogens with zero attached hydrogens (tertiary/aromatic N) is 4. The highest BCUT2D eigenvalue weighted by atomic mass is 16.2. The van der Waals surface area contributed by atoms with Crippen LogP contribution in [0, 0.1) is 0 Å². The molecule has 2 amide bonds. The largest absolute Gasteiger partial charge is 0.354 e. The lowest BCUT2D eigenvalue weighted by molar-refractivity contribution is -0.123. The normalized spacial score (nSPS) is 15.5. The van der Waals surface area contributed by atoms with Crippen LogP contribution in [0.15, 0.2) is 33.9 Å². The molecule has 0 bridgehead atoms. The standard InChI is InChI=1S/C24H32N6O4/c1-3-16(2)25-20(31)13-14-28-22(33)18-11-7-8-12-19(18)30-23(28)27-29(24(30)34)15-21(32)26-17-9-5-4-6-10-17/h7-8,11-12,16-17H,3-6,9-10,13-15H2,1-2H3,(H,25,31)(H,26,32). The van der Waals surface area contributed by atoms with E-state index in [2.05, 4.69) is 15.7 Å². The summed E-state index contributed by atoms with van der Waals surface area (Å²) in [6, 6.07) is 6.95. The fraction of sp³-hybridized carbons (Fsp3) is 0.542. The highest BCUT2D eigenvalue weighted by molar-refractivity contribution is 5.80. The zero-order valence-electron chi connectivity index (χ0n) is 19.7. The second-order valence-corrected chi connectivity index (χ2v) is 9.08. The van der Waals surface area contributed by atoms with E-state index < -0.39 is 5.69 Å². The number of hydrogen-bond donors (Lipinski definition) is 2. The fourth-order valence-electron chi connectivity index (χ4n) is 4.49. The van der Waals surface area contributed by atoms with Gasteiger partial charge in [0.25, 0.3) is 5.56 Å². The molecule has 1 atom stereocenters. The Kier molecular flexibility index (Phi) is 7.14. The third kappa shape index (κ3) is 4.90. The Morgan fingerprint density at radius 2 is 1.85 bits per heavy atom. The van der Waals surface area contributed by atoms with E-state index in [0.717, 1.165) is 36.8 Å². The molecule has 2 heterocycles. The van der Waals surface area contributed by atoms with Gasteiger partial charge in [0.05, 0.1) is 10.9 Å². The molecule has 10 heteroatoms. The molecule has 1 saturated carbocycles. The quantitative estimate of drug-likeness (QED) is 0.520. The molecule has 0 radical (unpaired) electrons. The van der Waals surface area contributed by atoms with Crippen LogP contribution in [0.4, 0.5) is 0 Å². The lowest BCUT2D eigenvalue weighted by atomic mass is 9.95. The van der Waals surface area contributed by atoms with Crippen LogP contribution in [0.3, 0.4) is 0 Å². The number of aryl methyl sites for hydroxylation is 1. The van der Waals surface area contributed by atoms with Crippen LogP contribution in [0.2, 0.25) is 0 Å². The molecule has 2 aromatic heterocycles. The van der Waals surface area contributed by atoms with E-state index in [1.165, 1.54) is 15.4 Å². The van der Waals surface area contributed by atoms with Crippen LogP contribution >= 0.6 is 0 Å². The predicted molar refractivity (Wildman–Crippen MR) is 129 cm³/mol. The van der Waals surface area contributed by atoms with E-state index in [-0.39, 0.29) is 54.7 Å². The van der Waals surface area contributed by atoms with Gasteiger partial charge in [0.1, 0.15) is 6.54 Å². The molecule has 34 heavy (non-hydrogen) atoms. The van der Waals surface area contributed by atoms with E-state index in [9.17, 15) is 19.2 Å². The van der Waals surface area contributed by atoms with Crippen LogP contribution in [0.1, 0.15) is 58.8 Å². The Bertz CT molecular complexity index is 1310. The summed E-state index contributed by atoms with van der Waals surface area (Å²) in [5.74, 6) is -0.333. The van der Waals surface area contributed by atoms with Crippen molar-refractivity contribution in [2.24, 2.45) is 0 Å². The van der Waals surface area contributed by atoms with Crippen LogP contribution in [0.5, 0.6) is 0 Å². The van der Waals surface area contributed by atoms with E-state index in [4.69, 9.17) is 0 Å². The number of fused-ring (bicyclic) bond motifs is 3. The number of benzene rings is 1. The number of hydrogen-bond acceptors (Lipinski definition) is 5. The van der Waals surface area contributed by atoms with Crippen molar-refractivity contribution in [2.45, 2.75) is 84.0 Å². The minimum Gasteiger partial charge on any atom is -0.354 e. The van der Waals surface area contributed by atoms with Gasteiger partial charge < -0.3 is 10.6 Å². The van der Waals surface area contributed by atoms with Gasteiger partial charge in [-0.15, -0.1) is 5.10 Å². The van der Waals surface area contributed by atoms with Gasteiger partial charge in [0.2, 0.25) is 17.6 Å². The number of carbonyl (C=O) groups excluding carboxylic acids is 2. The Balaban J connectivity index is 1.68. The topological polar surface area (TPSA) is 120 Å². The summed E-state index contributed by atoms with van der Waals surface area (Å²) in [5.41, 5.74) is -0.405. The van der Waals surface area contributed by atoms with Gasteiger partial charge in [-0.2, -0.15) is 0 Å². The van der Waals surface area contributed by atoms with E-state index in [1.54, 1.807) is 24.3 Å². The first-order chi connectivity index (χ1) is 16.4. The van der Waals surface area contributed by atoms with Crippen molar-refractivity contribution in [3.05, 3.63) is 45.1 Å². The van der Waals surface area contributed by atoms with Crippen molar-refractivity contribution in [3.8, 4) is 0 Å². The molecule has 1 fully saturated rings. The predicted octanol–water partition coefficient (Wildman–Crippen LogP) is 1.56. The van der Waals surface area contributed by atoms with E-state index in [1.807, 2.05) is 13.8 Å². The number of carbonyl (C=O) groups is 2. The van der Waals surface area contributed by atoms with E-state index >= 15 is 0 Å². The number of aromatic nitrogens is 4. The van der Waals surface area contributed by atoms with E-state index in [0.29, 0.717) is 10.9 Å². The molecular weight excluding hydrogens is 436 g/mol. The summed E-state index contributed by atoms with van der Waals surface area (Å²) in [6.07, 6.45) is 6.10. The summed E-state index contributed by atoms with van der Waals surface area (Å²) in [5, 5.41) is 10.6. The van der Waals surface area contributed by atoms with Crippen molar-refractivity contribution < 1.29 is 9.59 Å². The third-order valence-corrected chi connectivity index (χ3v) is 6.53. The monoisotopic (exact) mass is 468 g/mol. The van der Waals surface area contributed by atoms with Crippen molar-refractivity contribution in [1.29, 1.82) is 0 Å². The van der Waals surface area contributed by atoms with Crippen LogP contribution in [0.25, 0.3) is 16.7 Å². The average molecular weight is 469 g/mol. The number of para-hydroxylation sites is 1. The molecule has 0 aliphatic heterocycles. The summed E-state index contributed by atoms with van der Waals surface area (Å²) < 4.78 is 3.78. The number of rotatable bonds is 8. The summed E-state index contributed by atoms with van der Waals surface area (Å²) >= 11 is 0. The molecule has 0 spiro atoms. The lowest BCUT2D eigenvalue weighted by Gasteiger charge is -2.22. The number of amides is 2. The molecule has 1 aliphatic carbocycles. The first-order valence-corrected chi connectivity index (χ1v) is 12.1. The van der Waals surface area contributed by atoms with Crippen molar-refractivity contribution >= 4 is 28.5 Å². The second-order valence-electron chi connectivity index (χ2n) is 9.08. The molecule has 1 aromatic carbocycles. The lowest BCUT2D eigenvalue weighted by Crippen LogP contribution is -2.40. The van der Waals surface area contributed by atoms with Crippen LogP contribution in [-0.4, -0.2) is 42.6 Å². The molecule has 10 nitrogen and oxygen atoms in total. The van der Waals surface area contributed by atoms with Crippen LogP contribution < -0.4 is 21.9 Å². The fourth-order valence-corrected chi connectivity index (χ4v) is 4.49. The van der Waals surface area contributed by atoms with Gasteiger partial charge >= 0.3 is 5.69 Å². The zero-order valence-corrected chi connectivity index (χ0v) is 19.7. The molecule has 2 N–H and O–H groups in total. The molecule has 1 aliphatic rings. The first kappa shape index (κ1) is 23.7. The van der Waals surface area contributed by atoms with Gasteiger partial charge in [-0.1, -0.05) is 38.3 Å². The maximum atomic E-state index is 13.2. The Morgan fingerprint density at radius 1 is 1.12 bits per heavy atom. The highest BCUT2D eigenvalue weighted by Crippen LogP contribution is 2.17. The second kappa shape index (κ2) is 10.2. The maximum absolute atomic E-state index is 13.2. The van der Waals surface area contributed by atoms with Gasteiger partial charge in [-0.3, -0.25) is 19.0 Å². The summed E-state index contributed by atoms with van der Waals surface area (Å²) in [4.78, 5) is 51.4. The molecular formula is C24H32N6O4.